The molecule has 0 radical (unpaired) electrons. The summed E-state index contributed by atoms with van der Waals surface area (Å²) in [6.07, 6.45) is 1.38. The van der Waals surface area contributed by atoms with Gasteiger partial charge in [0, 0.05) is 13.0 Å². The van der Waals surface area contributed by atoms with Crippen LogP contribution >= 0.6 is 0 Å². The first-order valence-electron chi connectivity index (χ1n) is 15.1. The van der Waals surface area contributed by atoms with Crippen molar-refractivity contribution in [1.29, 1.82) is 0 Å². The molecule has 0 bridgehead atoms. The molecule has 1 unspecified atom stereocenters. The van der Waals surface area contributed by atoms with Crippen molar-refractivity contribution in [2.24, 2.45) is 0 Å². The molecule has 1 aliphatic rings. The van der Waals surface area contributed by atoms with E-state index in [-0.39, 0.29) is 31.8 Å². The van der Waals surface area contributed by atoms with Crippen LogP contribution in [0.1, 0.15) is 42.0 Å². The Morgan fingerprint density at radius 2 is 1.30 bits per heavy atom. The van der Waals surface area contributed by atoms with Crippen molar-refractivity contribution in [1.82, 2.24) is 0 Å². The summed E-state index contributed by atoms with van der Waals surface area (Å²) in [5.41, 5.74) is 5.66. The third-order valence-electron chi connectivity index (χ3n) is 7.90. The van der Waals surface area contributed by atoms with E-state index in [0.29, 0.717) is 11.5 Å². The highest BCUT2D eigenvalue weighted by Gasteiger charge is 2.45. The van der Waals surface area contributed by atoms with Crippen molar-refractivity contribution in [3.63, 3.8) is 0 Å². The molecule has 0 saturated heterocycles. The maximum absolute atomic E-state index is 12.4. The van der Waals surface area contributed by atoms with Gasteiger partial charge < -0.3 is 18.9 Å². The van der Waals surface area contributed by atoms with E-state index in [1.165, 1.54) is 13.0 Å². The Labute approximate surface area is 273 Å². The number of fused-ring (bicyclic) bond motifs is 3. The summed E-state index contributed by atoms with van der Waals surface area (Å²) in [5, 5.41) is 0. The van der Waals surface area contributed by atoms with Gasteiger partial charge in [-0.25, -0.2) is 4.79 Å². The normalized spacial score (nSPS) is 12.9. The van der Waals surface area contributed by atoms with Crippen molar-refractivity contribution in [3.05, 3.63) is 145 Å². The minimum Gasteiger partial charge on any atom is -0.490 e. The Kier molecular flexibility index (Phi) is 10.1. The smallest absolute Gasteiger partial charge is 0.330 e. The van der Waals surface area contributed by atoms with Gasteiger partial charge in [-0.3, -0.25) is 14.4 Å². The average Bonchev–Trinajstić information content (AvgIpc) is 3.38. The van der Waals surface area contributed by atoms with Gasteiger partial charge in [-0.2, -0.15) is 0 Å². The Balaban J connectivity index is 1.47. The Morgan fingerprint density at radius 3 is 1.83 bits per heavy atom. The summed E-state index contributed by atoms with van der Waals surface area (Å²) in [4.78, 5) is 47.2. The number of benzene rings is 4. The third kappa shape index (κ3) is 7.07. The van der Waals surface area contributed by atoms with Crippen LogP contribution in [0, 0.1) is 0 Å². The molecule has 0 spiro atoms. The van der Waals surface area contributed by atoms with Crippen LogP contribution in [-0.2, 0) is 34.1 Å². The van der Waals surface area contributed by atoms with Crippen LogP contribution in [0.5, 0.6) is 11.5 Å². The van der Waals surface area contributed by atoms with Crippen LogP contribution in [0.25, 0.3) is 11.1 Å². The zero-order valence-electron chi connectivity index (χ0n) is 26.0. The van der Waals surface area contributed by atoms with Crippen LogP contribution in [0.15, 0.2) is 122 Å². The van der Waals surface area contributed by atoms with Crippen molar-refractivity contribution < 1.29 is 38.1 Å². The third-order valence-corrected chi connectivity index (χ3v) is 7.90. The number of hydrogen-bond donors (Lipinski definition) is 0. The molecule has 47 heavy (non-hydrogen) atoms. The minimum atomic E-state index is -0.743. The highest BCUT2D eigenvalue weighted by Crippen LogP contribution is 2.56. The second-order valence-electron chi connectivity index (χ2n) is 10.9. The van der Waals surface area contributed by atoms with E-state index >= 15 is 0 Å². The molecule has 8 heteroatoms. The van der Waals surface area contributed by atoms with Gasteiger partial charge in [0.15, 0.2) is 5.78 Å². The number of carbonyl (C=O) groups is 4. The Hall–Kier alpha value is -5.76. The number of ketones is 1. The van der Waals surface area contributed by atoms with Crippen LogP contribution in [0.3, 0.4) is 0 Å². The molecule has 238 valence electrons. The fourth-order valence-corrected chi connectivity index (χ4v) is 5.94. The van der Waals surface area contributed by atoms with Crippen LogP contribution in [0.2, 0.25) is 0 Å². The van der Waals surface area contributed by atoms with Gasteiger partial charge in [0.25, 0.3) is 0 Å². The summed E-state index contributed by atoms with van der Waals surface area (Å²) < 4.78 is 21.6. The standard InChI is InChI=1S/C39H34O8/c1-4-29(41)24-32(46-26(3)40)25-45-30-18-14-27(15-19-30)39(35-12-8-6-10-33(35)34-11-7-9-13-36(34)39)28-16-20-31(21-17-28)47-38(43)22-23-44-37(42)5-2/h4-21,32H,1-2,22-25H2,3H3. The zero-order valence-corrected chi connectivity index (χ0v) is 26.0. The molecule has 0 amide bonds. The Bertz CT molecular complexity index is 1760. The van der Waals surface area contributed by atoms with Crippen molar-refractivity contribution >= 4 is 23.7 Å². The van der Waals surface area contributed by atoms with Gasteiger partial charge in [0.1, 0.15) is 30.8 Å². The lowest BCUT2D eigenvalue weighted by Gasteiger charge is -2.34. The second-order valence-corrected chi connectivity index (χ2v) is 10.9. The van der Waals surface area contributed by atoms with E-state index in [1.807, 2.05) is 60.7 Å². The van der Waals surface area contributed by atoms with E-state index < -0.39 is 29.4 Å². The maximum atomic E-state index is 12.4. The molecule has 1 aliphatic carbocycles. The molecule has 0 aromatic heterocycles. The predicted octanol–water partition coefficient (Wildman–Crippen LogP) is 6.53. The molecule has 8 nitrogen and oxygen atoms in total. The Morgan fingerprint density at radius 1 is 0.745 bits per heavy atom. The molecular formula is C39H34O8. The summed E-state index contributed by atoms with van der Waals surface area (Å²) in [6.45, 7) is 8.02. The van der Waals surface area contributed by atoms with Gasteiger partial charge >= 0.3 is 17.9 Å². The number of carbonyl (C=O) groups excluding carboxylic acids is 4. The minimum absolute atomic E-state index is 0.00614. The monoisotopic (exact) mass is 630 g/mol. The summed E-state index contributed by atoms with van der Waals surface area (Å²) in [7, 11) is 0. The molecule has 0 N–H and O–H groups in total. The molecule has 0 fully saturated rings. The molecule has 0 aliphatic heterocycles. The van der Waals surface area contributed by atoms with Gasteiger partial charge in [-0.1, -0.05) is 86.0 Å². The lowest BCUT2D eigenvalue weighted by molar-refractivity contribution is -0.149. The van der Waals surface area contributed by atoms with Crippen LogP contribution in [-0.4, -0.2) is 43.0 Å². The first-order valence-corrected chi connectivity index (χ1v) is 15.1. The van der Waals surface area contributed by atoms with E-state index in [4.69, 9.17) is 18.9 Å². The van der Waals surface area contributed by atoms with E-state index in [1.54, 1.807) is 12.1 Å². The van der Waals surface area contributed by atoms with Gasteiger partial charge in [-0.05, 0) is 63.7 Å². The van der Waals surface area contributed by atoms with E-state index in [9.17, 15) is 19.2 Å². The predicted molar refractivity (Wildman–Crippen MR) is 176 cm³/mol. The quantitative estimate of drug-likeness (QED) is 0.0775. The van der Waals surface area contributed by atoms with Crippen molar-refractivity contribution in [2.45, 2.75) is 31.3 Å². The van der Waals surface area contributed by atoms with Crippen LogP contribution < -0.4 is 9.47 Å². The highest BCUT2D eigenvalue weighted by molar-refractivity contribution is 5.89. The molecule has 1 atom stereocenters. The molecule has 4 aromatic rings. The average molecular weight is 631 g/mol. The highest BCUT2D eigenvalue weighted by atomic mass is 16.6. The lowest BCUT2D eigenvalue weighted by atomic mass is 9.68. The number of allylic oxidation sites excluding steroid dienone is 1. The summed E-state index contributed by atoms with van der Waals surface area (Å²) >= 11 is 0. The molecule has 0 heterocycles. The lowest BCUT2D eigenvalue weighted by Crippen LogP contribution is -2.28. The number of esters is 3. The topological polar surface area (TPSA) is 105 Å². The number of hydrogen-bond acceptors (Lipinski definition) is 8. The fourth-order valence-electron chi connectivity index (χ4n) is 5.94. The largest absolute Gasteiger partial charge is 0.490 e. The van der Waals surface area contributed by atoms with Gasteiger partial charge in [0.05, 0.1) is 18.3 Å². The van der Waals surface area contributed by atoms with E-state index in [2.05, 4.69) is 37.4 Å². The van der Waals surface area contributed by atoms with Crippen LogP contribution in [0.4, 0.5) is 0 Å². The second kappa shape index (κ2) is 14.6. The fraction of sp³-hybridized carbons (Fsp3) is 0.179. The summed E-state index contributed by atoms with van der Waals surface area (Å²) in [5.74, 6) is -0.958. The molecular weight excluding hydrogens is 596 g/mol. The molecule has 0 saturated carbocycles. The van der Waals surface area contributed by atoms with E-state index in [0.717, 1.165) is 39.5 Å². The van der Waals surface area contributed by atoms with Gasteiger partial charge in [0.2, 0.25) is 0 Å². The first-order chi connectivity index (χ1) is 22.8. The van der Waals surface area contributed by atoms with Gasteiger partial charge in [-0.15, -0.1) is 0 Å². The number of ether oxygens (including phenoxy) is 4. The van der Waals surface area contributed by atoms with Crippen molar-refractivity contribution in [3.8, 4) is 22.6 Å². The molecule has 4 aromatic carbocycles. The summed E-state index contributed by atoms with van der Waals surface area (Å²) in [6, 6.07) is 31.7. The number of rotatable bonds is 14. The zero-order chi connectivity index (χ0) is 33.4. The van der Waals surface area contributed by atoms with Crippen molar-refractivity contribution in [2.75, 3.05) is 13.2 Å². The maximum Gasteiger partial charge on any atom is 0.330 e. The molecule has 5 rings (SSSR count). The SMILES string of the molecule is C=CC(=O)CC(COc1ccc(C2(c3ccc(OC(=O)CCOC(=O)C=C)cc3)c3ccccc3-c3ccccc32)cc1)OC(C)=O. The first kappa shape index (κ1) is 32.6.